The summed E-state index contributed by atoms with van der Waals surface area (Å²) >= 11 is 0. The second-order valence-corrected chi connectivity index (χ2v) is 9.16. The minimum Gasteiger partial charge on any atom is -0.508 e. The summed E-state index contributed by atoms with van der Waals surface area (Å²) in [5.41, 5.74) is 0.697. The Kier molecular flexibility index (Phi) is 6.53. The van der Waals surface area contributed by atoms with Gasteiger partial charge in [-0.2, -0.15) is 0 Å². The summed E-state index contributed by atoms with van der Waals surface area (Å²) in [6.07, 6.45) is 3.47. The van der Waals surface area contributed by atoms with E-state index in [1.807, 2.05) is 18.7 Å². The number of phenolic OH excluding ortho intramolecular Hbond substituents is 1. The van der Waals surface area contributed by atoms with Crippen LogP contribution in [0.25, 0.3) is 0 Å². The van der Waals surface area contributed by atoms with E-state index in [4.69, 9.17) is 9.47 Å². The third-order valence-electron chi connectivity index (χ3n) is 7.45. The standard InChI is InChI=1S/C24H34N2O5/c1-3-31-23(29)24-8-6-19(25-10-12-30-13-11-25)15-18(24)7-9-26(16-24)22(28)21-5-4-20(27)14-17(21)2/h4-5,14,18-19,27H,3,6-13,15-16H2,1-2H3/t18-,19-,24-/m1/s1. The molecule has 170 valence electrons. The first kappa shape index (κ1) is 22.1. The van der Waals surface area contributed by atoms with Crippen LogP contribution in [-0.4, -0.2) is 78.8 Å². The molecule has 7 nitrogen and oxygen atoms in total. The first-order valence-electron chi connectivity index (χ1n) is 11.5. The molecule has 1 saturated carbocycles. The number of hydrogen-bond donors (Lipinski definition) is 1. The third-order valence-corrected chi connectivity index (χ3v) is 7.45. The van der Waals surface area contributed by atoms with Crippen LogP contribution in [0.15, 0.2) is 18.2 Å². The van der Waals surface area contributed by atoms with Gasteiger partial charge in [-0.15, -0.1) is 0 Å². The average molecular weight is 431 g/mol. The van der Waals surface area contributed by atoms with E-state index in [1.54, 1.807) is 18.2 Å². The fraction of sp³-hybridized carbons (Fsp3) is 0.667. The van der Waals surface area contributed by atoms with Crippen molar-refractivity contribution in [3.8, 4) is 5.75 Å². The molecule has 2 heterocycles. The van der Waals surface area contributed by atoms with Crippen LogP contribution < -0.4 is 0 Å². The van der Waals surface area contributed by atoms with Crippen molar-refractivity contribution in [2.45, 2.75) is 45.6 Å². The highest BCUT2D eigenvalue weighted by atomic mass is 16.5. The van der Waals surface area contributed by atoms with Gasteiger partial charge in [-0.1, -0.05) is 0 Å². The van der Waals surface area contributed by atoms with E-state index in [1.165, 1.54) is 0 Å². The van der Waals surface area contributed by atoms with Crippen molar-refractivity contribution in [1.82, 2.24) is 9.80 Å². The van der Waals surface area contributed by atoms with Crippen LogP contribution >= 0.6 is 0 Å². The van der Waals surface area contributed by atoms with Crippen molar-refractivity contribution < 1.29 is 24.2 Å². The summed E-state index contributed by atoms with van der Waals surface area (Å²) in [4.78, 5) is 30.9. The van der Waals surface area contributed by atoms with Gasteiger partial charge in [0.25, 0.3) is 5.91 Å². The number of ether oxygens (including phenoxy) is 2. The summed E-state index contributed by atoms with van der Waals surface area (Å²) in [6.45, 7) is 8.53. The summed E-state index contributed by atoms with van der Waals surface area (Å²) in [7, 11) is 0. The number of piperidine rings is 1. The molecule has 0 unspecified atom stereocenters. The molecule has 3 fully saturated rings. The van der Waals surface area contributed by atoms with Crippen molar-refractivity contribution in [1.29, 1.82) is 0 Å². The maximum atomic E-state index is 13.3. The summed E-state index contributed by atoms with van der Waals surface area (Å²) in [5.74, 6) is 0.144. The number of rotatable bonds is 4. The van der Waals surface area contributed by atoms with E-state index < -0.39 is 5.41 Å². The molecule has 7 heteroatoms. The number of aromatic hydroxyl groups is 1. The van der Waals surface area contributed by atoms with Crippen LogP contribution in [0, 0.1) is 18.3 Å². The molecule has 1 N–H and O–H groups in total. The summed E-state index contributed by atoms with van der Waals surface area (Å²) in [6, 6.07) is 5.29. The van der Waals surface area contributed by atoms with E-state index in [2.05, 4.69) is 4.90 Å². The van der Waals surface area contributed by atoms with Gasteiger partial charge in [0.05, 0.1) is 25.2 Å². The topological polar surface area (TPSA) is 79.3 Å². The SMILES string of the molecule is CCOC(=O)[C@@]12CC[C@@H](N3CCOCC3)C[C@H]1CCN(C(=O)c1ccc(O)cc1C)C2. The lowest BCUT2D eigenvalue weighted by Crippen LogP contribution is -2.59. The molecule has 3 atom stereocenters. The van der Waals surface area contributed by atoms with Crippen molar-refractivity contribution in [2.24, 2.45) is 11.3 Å². The summed E-state index contributed by atoms with van der Waals surface area (Å²) in [5, 5.41) is 9.69. The van der Waals surface area contributed by atoms with E-state index in [-0.39, 0.29) is 23.5 Å². The highest BCUT2D eigenvalue weighted by Crippen LogP contribution is 2.48. The molecule has 1 aromatic carbocycles. The monoisotopic (exact) mass is 430 g/mol. The zero-order valence-electron chi connectivity index (χ0n) is 18.6. The Morgan fingerprint density at radius 1 is 1.23 bits per heavy atom. The molecule has 1 aromatic rings. The van der Waals surface area contributed by atoms with Crippen molar-refractivity contribution in [3.63, 3.8) is 0 Å². The molecule has 4 rings (SSSR count). The number of phenols is 1. The van der Waals surface area contributed by atoms with E-state index in [0.717, 1.165) is 57.6 Å². The van der Waals surface area contributed by atoms with Crippen molar-refractivity contribution >= 4 is 11.9 Å². The smallest absolute Gasteiger partial charge is 0.314 e. The van der Waals surface area contributed by atoms with Gasteiger partial charge in [-0.3, -0.25) is 14.5 Å². The zero-order chi connectivity index (χ0) is 22.0. The number of aryl methyl sites for hydroxylation is 1. The number of nitrogens with zero attached hydrogens (tertiary/aromatic N) is 2. The number of amides is 1. The number of fused-ring (bicyclic) bond motifs is 1. The fourth-order valence-electron chi connectivity index (χ4n) is 5.75. The molecular formula is C24H34N2O5. The van der Waals surface area contributed by atoms with Crippen LogP contribution in [0.5, 0.6) is 5.75 Å². The van der Waals surface area contributed by atoms with Gasteiger partial charge < -0.3 is 19.5 Å². The van der Waals surface area contributed by atoms with Gasteiger partial charge in [-0.25, -0.2) is 0 Å². The number of carbonyl (C=O) groups is 2. The van der Waals surface area contributed by atoms with E-state index in [0.29, 0.717) is 31.3 Å². The molecule has 0 radical (unpaired) electrons. The first-order chi connectivity index (χ1) is 14.9. The van der Waals surface area contributed by atoms with Gasteiger partial charge in [0.2, 0.25) is 0 Å². The first-order valence-corrected chi connectivity index (χ1v) is 11.5. The number of hydrogen-bond acceptors (Lipinski definition) is 6. The molecule has 0 spiro atoms. The van der Waals surface area contributed by atoms with Gasteiger partial charge in [0.1, 0.15) is 5.75 Å². The van der Waals surface area contributed by atoms with Crippen molar-refractivity contribution in [3.05, 3.63) is 29.3 Å². The maximum absolute atomic E-state index is 13.3. The molecule has 31 heavy (non-hydrogen) atoms. The molecule has 2 saturated heterocycles. The Morgan fingerprint density at radius 3 is 2.71 bits per heavy atom. The minimum atomic E-state index is -0.627. The Labute approximate surface area is 184 Å². The number of likely N-dealkylation sites (tertiary alicyclic amines) is 1. The highest BCUT2D eigenvalue weighted by molar-refractivity contribution is 5.96. The lowest BCUT2D eigenvalue weighted by atomic mass is 9.61. The van der Waals surface area contributed by atoms with Crippen LogP contribution in [0.1, 0.15) is 48.5 Å². The van der Waals surface area contributed by atoms with E-state index in [9.17, 15) is 14.7 Å². The third kappa shape index (κ3) is 4.30. The normalized spacial score (nSPS) is 29.3. The predicted octanol–water partition coefficient (Wildman–Crippen LogP) is 2.60. The minimum absolute atomic E-state index is 0.0741. The Hall–Kier alpha value is -2.12. The number of esters is 1. The average Bonchev–Trinajstić information content (AvgIpc) is 2.78. The fourth-order valence-corrected chi connectivity index (χ4v) is 5.75. The van der Waals surface area contributed by atoms with Gasteiger partial charge in [0, 0.05) is 37.8 Å². The Bertz CT molecular complexity index is 822. The van der Waals surface area contributed by atoms with Gasteiger partial charge >= 0.3 is 5.97 Å². The second kappa shape index (κ2) is 9.17. The maximum Gasteiger partial charge on any atom is 0.314 e. The zero-order valence-corrected chi connectivity index (χ0v) is 18.6. The number of carbonyl (C=O) groups excluding carboxylic acids is 2. The van der Waals surface area contributed by atoms with Crippen molar-refractivity contribution in [2.75, 3.05) is 46.0 Å². The van der Waals surface area contributed by atoms with Crippen LogP contribution in [0.3, 0.4) is 0 Å². The van der Waals surface area contributed by atoms with Gasteiger partial charge in [-0.05, 0) is 69.2 Å². The lowest BCUT2D eigenvalue weighted by Gasteiger charge is -2.52. The molecule has 0 aromatic heterocycles. The Morgan fingerprint density at radius 2 is 2.00 bits per heavy atom. The highest BCUT2D eigenvalue weighted by Gasteiger charge is 2.54. The van der Waals surface area contributed by atoms with Crippen LogP contribution in [0.2, 0.25) is 0 Å². The second-order valence-electron chi connectivity index (χ2n) is 9.16. The van der Waals surface area contributed by atoms with Crippen LogP contribution in [0.4, 0.5) is 0 Å². The molecule has 1 amide bonds. The number of morpholine rings is 1. The number of benzene rings is 1. The van der Waals surface area contributed by atoms with Crippen LogP contribution in [-0.2, 0) is 14.3 Å². The predicted molar refractivity (Wildman–Crippen MR) is 116 cm³/mol. The molecular weight excluding hydrogens is 396 g/mol. The lowest BCUT2D eigenvalue weighted by molar-refractivity contribution is -0.168. The molecule has 0 bridgehead atoms. The van der Waals surface area contributed by atoms with E-state index >= 15 is 0 Å². The Balaban J connectivity index is 1.54. The molecule has 1 aliphatic carbocycles. The quantitative estimate of drug-likeness (QED) is 0.740. The van der Waals surface area contributed by atoms with Gasteiger partial charge in [0.15, 0.2) is 0 Å². The largest absolute Gasteiger partial charge is 0.508 e. The molecule has 2 aliphatic heterocycles. The molecule has 3 aliphatic rings. The summed E-state index contributed by atoms with van der Waals surface area (Å²) < 4.78 is 11.1.